The molecule has 2 unspecified atom stereocenters. The molecule has 0 radical (unpaired) electrons. The van der Waals surface area contributed by atoms with Crippen molar-refractivity contribution in [2.24, 2.45) is 0 Å². The van der Waals surface area contributed by atoms with Gasteiger partial charge in [0.1, 0.15) is 5.60 Å². The normalized spacial score (nSPS) is 20.4. The quantitative estimate of drug-likeness (QED) is 0.552. The highest BCUT2D eigenvalue weighted by Gasteiger charge is 2.24. The summed E-state index contributed by atoms with van der Waals surface area (Å²) in [6.07, 6.45) is 1.19. The summed E-state index contributed by atoms with van der Waals surface area (Å²) in [5.41, 5.74) is -1.13. The lowest BCUT2D eigenvalue weighted by molar-refractivity contribution is -0.0271. The summed E-state index contributed by atoms with van der Waals surface area (Å²) < 4.78 is 0. The van der Waals surface area contributed by atoms with Crippen molar-refractivity contribution in [1.82, 2.24) is 0 Å². The standard InChI is InChI=1S/C7H14O2/c1-4-6(8)7(3,9)5-2/h5-6,8-9H,2,4H2,1,3H3. The van der Waals surface area contributed by atoms with E-state index in [1.807, 2.05) is 6.92 Å². The number of hydrogen-bond acceptors (Lipinski definition) is 2. The van der Waals surface area contributed by atoms with E-state index in [-0.39, 0.29) is 0 Å². The molecule has 0 bridgehead atoms. The van der Waals surface area contributed by atoms with Crippen LogP contribution in [0.15, 0.2) is 12.7 Å². The van der Waals surface area contributed by atoms with E-state index in [0.29, 0.717) is 6.42 Å². The van der Waals surface area contributed by atoms with Gasteiger partial charge in [-0.2, -0.15) is 0 Å². The van der Waals surface area contributed by atoms with Crippen LogP contribution in [0.1, 0.15) is 20.3 Å². The van der Waals surface area contributed by atoms with Gasteiger partial charge in [0.25, 0.3) is 0 Å². The van der Waals surface area contributed by atoms with Gasteiger partial charge < -0.3 is 10.2 Å². The lowest BCUT2D eigenvalue weighted by Crippen LogP contribution is -2.36. The maximum atomic E-state index is 9.22. The van der Waals surface area contributed by atoms with Crippen molar-refractivity contribution in [2.75, 3.05) is 0 Å². The number of rotatable bonds is 3. The van der Waals surface area contributed by atoms with Crippen molar-refractivity contribution in [1.29, 1.82) is 0 Å². The van der Waals surface area contributed by atoms with Crippen molar-refractivity contribution in [2.45, 2.75) is 32.0 Å². The number of aliphatic hydroxyl groups excluding tert-OH is 1. The van der Waals surface area contributed by atoms with E-state index in [2.05, 4.69) is 6.58 Å². The third-order valence-electron chi connectivity index (χ3n) is 1.47. The van der Waals surface area contributed by atoms with E-state index in [1.54, 1.807) is 0 Å². The molecule has 0 aromatic carbocycles. The maximum Gasteiger partial charge on any atom is 0.105 e. The average Bonchev–Trinajstić information content (AvgIpc) is 1.86. The zero-order valence-corrected chi connectivity index (χ0v) is 5.96. The van der Waals surface area contributed by atoms with Gasteiger partial charge in [-0.1, -0.05) is 13.0 Å². The predicted molar refractivity (Wildman–Crippen MR) is 37.1 cm³/mol. The first-order valence-corrected chi connectivity index (χ1v) is 3.08. The lowest BCUT2D eigenvalue weighted by Gasteiger charge is -2.23. The van der Waals surface area contributed by atoms with E-state index in [4.69, 9.17) is 5.11 Å². The maximum absolute atomic E-state index is 9.22. The fourth-order valence-corrected chi connectivity index (χ4v) is 0.549. The van der Waals surface area contributed by atoms with Gasteiger partial charge in [-0.3, -0.25) is 0 Å². The van der Waals surface area contributed by atoms with Gasteiger partial charge in [0, 0.05) is 0 Å². The fraction of sp³-hybridized carbons (Fsp3) is 0.714. The van der Waals surface area contributed by atoms with Crippen molar-refractivity contribution in [3.05, 3.63) is 12.7 Å². The summed E-state index contributed by atoms with van der Waals surface area (Å²) in [7, 11) is 0. The first-order chi connectivity index (χ1) is 4.04. The Kier molecular flexibility index (Phi) is 2.88. The molecule has 2 N–H and O–H groups in total. The van der Waals surface area contributed by atoms with Crippen LogP contribution in [0.3, 0.4) is 0 Å². The lowest BCUT2D eigenvalue weighted by atomic mass is 9.98. The fourth-order valence-electron chi connectivity index (χ4n) is 0.549. The van der Waals surface area contributed by atoms with Crippen molar-refractivity contribution in [3.8, 4) is 0 Å². The average molecular weight is 130 g/mol. The molecule has 0 amide bonds. The number of hydrogen-bond donors (Lipinski definition) is 2. The first-order valence-electron chi connectivity index (χ1n) is 3.08. The minimum atomic E-state index is -1.13. The van der Waals surface area contributed by atoms with Crippen LogP contribution in [0.2, 0.25) is 0 Å². The second kappa shape index (κ2) is 2.99. The van der Waals surface area contributed by atoms with Crippen LogP contribution >= 0.6 is 0 Å². The van der Waals surface area contributed by atoms with E-state index >= 15 is 0 Å². The monoisotopic (exact) mass is 130 g/mol. The first kappa shape index (κ1) is 8.66. The molecule has 0 spiro atoms. The molecular weight excluding hydrogens is 116 g/mol. The van der Waals surface area contributed by atoms with Crippen LogP contribution in [-0.2, 0) is 0 Å². The summed E-state index contributed by atoms with van der Waals surface area (Å²) in [6.45, 7) is 6.74. The SMILES string of the molecule is C=CC(C)(O)C(O)CC. The largest absolute Gasteiger partial charge is 0.390 e. The molecule has 0 rings (SSSR count). The molecule has 0 aliphatic carbocycles. The molecule has 2 heteroatoms. The molecule has 0 saturated heterocycles. The van der Waals surface area contributed by atoms with Crippen LogP contribution in [-0.4, -0.2) is 21.9 Å². The Hall–Kier alpha value is -0.340. The van der Waals surface area contributed by atoms with Crippen LogP contribution in [0, 0.1) is 0 Å². The molecule has 0 saturated carbocycles. The summed E-state index contributed by atoms with van der Waals surface area (Å²) in [4.78, 5) is 0. The Labute approximate surface area is 55.8 Å². The molecule has 0 aliphatic heterocycles. The Bertz CT molecular complexity index is 97.1. The highest BCUT2D eigenvalue weighted by atomic mass is 16.3. The van der Waals surface area contributed by atoms with Gasteiger partial charge in [0.05, 0.1) is 6.10 Å². The number of aliphatic hydroxyl groups is 2. The topological polar surface area (TPSA) is 40.5 Å². The summed E-state index contributed by atoms with van der Waals surface area (Å²) in [5, 5.41) is 18.3. The van der Waals surface area contributed by atoms with Gasteiger partial charge in [0.2, 0.25) is 0 Å². The van der Waals surface area contributed by atoms with Crippen molar-refractivity contribution in [3.63, 3.8) is 0 Å². The Morgan fingerprint density at radius 1 is 1.78 bits per heavy atom. The zero-order valence-electron chi connectivity index (χ0n) is 5.96. The van der Waals surface area contributed by atoms with E-state index in [0.717, 1.165) is 0 Å². The summed E-state index contributed by atoms with van der Waals surface area (Å²) >= 11 is 0. The third kappa shape index (κ3) is 2.16. The molecular formula is C7H14O2. The second-order valence-corrected chi connectivity index (χ2v) is 2.35. The van der Waals surface area contributed by atoms with E-state index < -0.39 is 11.7 Å². The summed E-state index contributed by atoms with van der Waals surface area (Å²) in [5.74, 6) is 0. The minimum Gasteiger partial charge on any atom is -0.390 e. The van der Waals surface area contributed by atoms with Gasteiger partial charge in [-0.15, -0.1) is 6.58 Å². The molecule has 0 aliphatic rings. The Balaban J connectivity index is 3.95. The molecule has 54 valence electrons. The van der Waals surface area contributed by atoms with Crippen LogP contribution in [0.25, 0.3) is 0 Å². The Morgan fingerprint density at radius 2 is 2.22 bits per heavy atom. The molecule has 0 fully saturated rings. The van der Waals surface area contributed by atoms with Gasteiger partial charge >= 0.3 is 0 Å². The molecule has 9 heavy (non-hydrogen) atoms. The summed E-state index contributed by atoms with van der Waals surface area (Å²) in [6, 6.07) is 0. The van der Waals surface area contributed by atoms with Crippen LogP contribution in [0.5, 0.6) is 0 Å². The molecule has 0 heterocycles. The van der Waals surface area contributed by atoms with Crippen molar-refractivity contribution < 1.29 is 10.2 Å². The molecule has 2 nitrogen and oxygen atoms in total. The highest BCUT2D eigenvalue weighted by Crippen LogP contribution is 2.12. The second-order valence-electron chi connectivity index (χ2n) is 2.35. The smallest absolute Gasteiger partial charge is 0.105 e. The minimum absolute atomic E-state index is 0.541. The molecule has 0 aromatic heterocycles. The molecule has 0 aromatic rings. The van der Waals surface area contributed by atoms with E-state index in [1.165, 1.54) is 13.0 Å². The van der Waals surface area contributed by atoms with Gasteiger partial charge in [-0.05, 0) is 13.3 Å². The van der Waals surface area contributed by atoms with Crippen LogP contribution in [0.4, 0.5) is 0 Å². The van der Waals surface area contributed by atoms with Gasteiger partial charge in [0.15, 0.2) is 0 Å². The molecule has 2 atom stereocenters. The van der Waals surface area contributed by atoms with Crippen LogP contribution < -0.4 is 0 Å². The van der Waals surface area contributed by atoms with Crippen molar-refractivity contribution >= 4 is 0 Å². The predicted octanol–water partition coefficient (Wildman–Crippen LogP) is 0.694. The van der Waals surface area contributed by atoms with Gasteiger partial charge in [-0.25, -0.2) is 0 Å². The highest BCUT2D eigenvalue weighted by molar-refractivity contribution is 4.96. The zero-order chi connectivity index (χ0) is 7.49. The van der Waals surface area contributed by atoms with E-state index in [9.17, 15) is 5.11 Å². The third-order valence-corrected chi connectivity index (χ3v) is 1.47. The Morgan fingerprint density at radius 3 is 2.33 bits per heavy atom.